The highest BCUT2D eigenvalue weighted by molar-refractivity contribution is 7.89. The Labute approximate surface area is 115 Å². The quantitative estimate of drug-likeness (QED) is 0.573. The van der Waals surface area contributed by atoms with Crippen LogP contribution in [0.3, 0.4) is 0 Å². The standard InChI is InChI=1S/C10H12ClNO6S/c1-17-4-5-18-12-19(15,16)7-2-3-8(10(13)14)9(11)6-7/h2-3,6,12H,4-5H2,1H3,(H,13,14). The highest BCUT2D eigenvalue weighted by atomic mass is 35.5. The fraction of sp³-hybridized carbons (Fsp3) is 0.300. The zero-order chi connectivity index (χ0) is 14.5. The number of sulfonamides is 1. The van der Waals surface area contributed by atoms with E-state index in [4.69, 9.17) is 16.7 Å². The number of nitrogens with one attached hydrogen (secondary N) is 1. The molecule has 19 heavy (non-hydrogen) atoms. The van der Waals surface area contributed by atoms with E-state index in [0.29, 0.717) is 0 Å². The van der Waals surface area contributed by atoms with Gasteiger partial charge in [-0.25, -0.2) is 13.2 Å². The van der Waals surface area contributed by atoms with Gasteiger partial charge in [0.2, 0.25) is 0 Å². The van der Waals surface area contributed by atoms with Crippen LogP contribution in [-0.2, 0) is 19.6 Å². The summed E-state index contributed by atoms with van der Waals surface area (Å²) in [5.41, 5.74) is -0.180. The number of rotatable bonds is 7. The zero-order valence-corrected chi connectivity index (χ0v) is 11.5. The Hall–Kier alpha value is -1.19. The van der Waals surface area contributed by atoms with E-state index in [1.807, 2.05) is 4.89 Å². The van der Waals surface area contributed by atoms with Gasteiger partial charge in [-0.05, 0) is 18.2 Å². The zero-order valence-electron chi connectivity index (χ0n) is 9.92. The molecule has 0 fully saturated rings. The van der Waals surface area contributed by atoms with Crippen molar-refractivity contribution >= 4 is 27.6 Å². The number of aromatic carboxylic acids is 1. The fourth-order valence-corrected chi connectivity index (χ4v) is 2.31. The number of methoxy groups -OCH3 is 1. The lowest BCUT2D eigenvalue weighted by molar-refractivity contribution is 0.0438. The lowest BCUT2D eigenvalue weighted by Crippen LogP contribution is -2.25. The molecule has 2 N–H and O–H groups in total. The van der Waals surface area contributed by atoms with Gasteiger partial charge in [-0.3, -0.25) is 4.84 Å². The first kappa shape index (κ1) is 15.9. The lowest BCUT2D eigenvalue weighted by Gasteiger charge is -2.08. The van der Waals surface area contributed by atoms with Crippen molar-refractivity contribution in [2.75, 3.05) is 20.3 Å². The van der Waals surface area contributed by atoms with Crippen LogP contribution in [0.4, 0.5) is 0 Å². The van der Waals surface area contributed by atoms with E-state index in [0.717, 1.165) is 18.2 Å². The first-order chi connectivity index (χ1) is 8.88. The molecule has 0 unspecified atom stereocenters. The molecular weight excluding hydrogens is 298 g/mol. The molecule has 1 rings (SSSR count). The Kier molecular flexibility index (Phi) is 5.70. The summed E-state index contributed by atoms with van der Waals surface area (Å²) in [5.74, 6) is -1.24. The molecule has 1 aromatic rings. The van der Waals surface area contributed by atoms with Gasteiger partial charge in [0, 0.05) is 7.11 Å². The first-order valence-electron chi connectivity index (χ1n) is 5.04. The van der Waals surface area contributed by atoms with Crippen LogP contribution in [0.1, 0.15) is 10.4 Å². The molecule has 0 bridgehead atoms. The minimum atomic E-state index is -3.91. The summed E-state index contributed by atoms with van der Waals surface area (Å²) in [6, 6.07) is 3.26. The van der Waals surface area contributed by atoms with Crippen LogP contribution in [-0.4, -0.2) is 39.8 Å². The van der Waals surface area contributed by atoms with Crippen LogP contribution >= 0.6 is 11.6 Å². The molecule has 7 nitrogen and oxygen atoms in total. The molecule has 0 aliphatic carbocycles. The van der Waals surface area contributed by atoms with E-state index >= 15 is 0 Å². The highest BCUT2D eigenvalue weighted by Crippen LogP contribution is 2.20. The van der Waals surface area contributed by atoms with Crippen molar-refractivity contribution in [3.05, 3.63) is 28.8 Å². The minimum absolute atomic E-state index is 0.0384. The molecule has 0 saturated carbocycles. The molecule has 106 valence electrons. The lowest BCUT2D eigenvalue weighted by atomic mass is 10.2. The van der Waals surface area contributed by atoms with E-state index in [-0.39, 0.29) is 28.7 Å². The average molecular weight is 310 g/mol. The van der Waals surface area contributed by atoms with Crippen LogP contribution in [0.15, 0.2) is 23.1 Å². The van der Waals surface area contributed by atoms with Crippen molar-refractivity contribution in [1.82, 2.24) is 4.89 Å². The number of ether oxygens (including phenoxy) is 1. The second-order valence-electron chi connectivity index (χ2n) is 3.37. The van der Waals surface area contributed by atoms with Crippen molar-refractivity contribution in [3.63, 3.8) is 0 Å². The van der Waals surface area contributed by atoms with Crippen molar-refractivity contribution < 1.29 is 27.9 Å². The number of halogens is 1. The molecule has 1 aromatic carbocycles. The normalized spacial score (nSPS) is 11.5. The molecule has 0 aliphatic heterocycles. The van der Waals surface area contributed by atoms with Crippen LogP contribution in [0.5, 0.6) is 0 Å². The Balaban J connectivity index is 2.84. The third-order valence-corrected chi connectivity index (χ3v) is 3.56. The summed E-state index contributed by atoms with van der Waals surface area (Å²) in [5, 5.41) is 8.60. The molecule has 0 heterocycles. The summed E-state index contributed by atoms with van der Waals surface area (Å²) >= 11 is 5.68. The molecule has 0 saturated heterocycles. The van der Waals surface area contributed by atoms with Gasteiger partial charge in [-0.15, -0.1) is 0 Å². The molecule has 0 atom stereocenters. The largest absolute Gasteiger partial charge is 0.478 e. The molecular formula is C10H12ClNO6S. The second kappa shape index (κ2) is 6.83. The van der Waals surface area contributed by atoms with E-state index in [1.54, 1.807) is 0 Å². The third-order valence-electron chi connectivity index (χ3n) is 2.04. The summed E-state index contributed by atoms with van der Waals surface area (Å²) in [6.45, 7) is 0.262. The van der Waals surface area contributed by atoms with Crippen molar-refractivity contribution in [2.45, 2.75) is 4.90 Å². The van der Waals surface area contributed by atoms with Gasteiger partial charge in [-0.1, -0.05) is 16.5 Å². The molecule has 0 aromatic heterocycles. The van der Waals surface area contributed by atoms with Crippen LogP contribution in [0, 0.1) is 0 Å². The van der Waals surface area contributed by atoms with E-state index < -0.39 is 16.0 Å². The van der Waals surface area contributed by atoms with Crippen molar-refractivity contribution in [1.29, 1.82) is 0 Å². The Bertz CT molecular complexity index is 559. The maximum absolute atomic E-state index is 11.7. The number of carboxylic acid groups (broad SMARTS) is 1. The number of hydrogen-bond donors (Lipinski definition) is 2. The predicted octanol–water partition coefficient (Wildman–Crippen LogP) is 0.894. The predicted molar refractivity (Wildman–Crippen MR) is 66.6 cm³/mol. The van der Waals surface area contributed by atoms with Crippen molar-refractivity contribution in [3.8, 4) is 0 Å². The Morgan fingerprint density at radius 1 is 1.42 bits per heavy atom. The van der Waals surface area contributed by atoms with Gasteiger partial charge >= 0.3 is 5.97 Å². The second-order valence-corrected chi connectivity index (χ2v) is 5.43. The summed E-state index contributed by atoms with van der Waals surface area (Å²) in [4.78, 5) is 17.1. The number of hydrogen-bond acceptors (Lipinski definition) is 5. The number of carboxylic acids is 1. The SMILES string of the molecule is COCCONS(=O)(=O)c1ccc(C(=O)O)c(Cl)c1. The highest BCUT2D eigenvalue weighted by Gasteiger charge is 2.17. The molecule has 0 amide bonds. The first-order valence-corrected chi connectivity index (χ1v) is 6.90. The Morgan fingerprint density at radius 2 is 2.11 bits per heavy atom. The van der Waals surface area contributed by atoms with Crippen LogP contribution in [0.25, 0.3) is 0 Å². The fourth-order valence-electron chi connectivity index (χ4n) is 1.13. The summed E-state index contributed by atoms with van der Waals surface area (Å²) < 4.78 is 28.2. The van der Waals surface area contributed by atoms with Gasteiger partial charge < -0.3 is 9.84 Å². The minimum Gasteiger partial charge on any atom is -0.478 e. The van der Waals surface area contributed by atoms with E-state index in [2.05, 4.69) is 9.57 Å². The van der Waals surface area contributed by atoms with Gasteiger partial charge in [0.25, 0.3) is 10.0 Å². The van der Waals surface area contributed by atoms with Gasteiger partial charge in [0.05, 0.1) is 28.7 Å². The third kappa shape index (κ3) is 4.44. The Morgan fingerprint density at radius 3 is 2.63 bits per heavy atom. The summed E-state index contributed by atoms with van der Waals surface area (Å²) in [7, 11) is -2.46. The number of benzene rings is 1. The van der Waals surface area contributed by atoms with E-state index in [9.17, 15) is 13.2 Å². The average Bonchev–Trinajstić information content (AvgIpc) is 2.34. The van der Waals surface area contributed by atoms with Crippen LogP contribution < -0.4 is 4.89 Å². The topological polar surface area (TPSA) is 102 Å². The van der Waals surface area contributed by atoms with E-state index in [1.165, 1.54) is 7.11 Å². The van der Waals surface area contributed by atoms with Gasteiger partial charge in [0.1, 0.15) is 0 Å². The molecule has 0 spiro atoms. The van der Waals surface area contributed by atoms with Crippen molar-refractivity contribution in [2.24, 2.45) is 0 Å². The maximum Gasteiger partial charge on any atom is 0.337 e. The molecule has 9 heteroatoms. The molecule has 0 radical (unpaired) electrons. The van der Waals surface area contributed by atoms with Crippen LogP contribution in [0.2, 0.25) is 5.02 Å². The molecule has 0 aliphatic rings. The monoisotopic (exact) mass is 309 g/mol. The van der Waals surface area contributed by atoms with Gasteiger partial charge in [0.15, 0.2) is 0 Å². The maximum atomic E-state index is 11.7. The smallest absolute Gasteiger partial charge is 0.337 e. The van der Waals surface area contributed by atoms with Gasteiger partial charge in [-0.2, -0.15) is 0 Å². The summed E-state index contributed by atoms with van der Waals surface area (Å²) in [6.07, 6.45) is 0. The number of carbonyl (C=O) groups is 1.